The second-order valence-corrected chi connectivity index (χ2v) is 38.5. The summed E-state index contributed by atoms with van der Waals surface area (Å²) >= 11 is 0. The summed E-state index contributed by atoms with van der Waals surface area (Å²) in [5.74, 6) is 3.20. The molecule has 0 aromatic carbocycles. The van der Waals surface area contributed by atoms with Crippen molar-refractivity contribution in [3.63, 3.8) is 0 Å². The summed E-state index contributed by atoms with van der Waals surface area (Å²) < 4.78 is 112. The molecule has 94 heavy (non-hydrogen) atoms. The molecule has 0 aromatic rings. The van der Waals surface area contributed by atoms with Crippen molar-refractivity contribution in [2.75, 3.05) is 18.8 Å². The Kier molecular flexibility index (Phi) is 25.2. The van der Waals surface area contributed by atoms with E-state index in [1.165, 1.54) is 78.4 Å². The molecule has 0 aliphatic heterocycles. The first-order valence-electron chi connectivity index (χ1n) is 35.3. The predicted molar refractivity (Wildman–Crippen MR) is 383 cm³/mol. The van der Waals surface area contributed by atoms with Crippen LogP contribution in [0.2, 0.25) is 0 Å². The molecule has 16 atom stereocenters. The molecule has 0 radical (unpaired) electrons. The minimum atomic E-state index is -4.46. The number of fused-ring (bicyclic) bond motifs is 3. The Balaban J connectivity index is 0.000000198. The summed E-state index contributed by atoms with van der Waals surface area (Å²) in [6, 6.07) is 0. The fourth-order valence-corrected chi connectivity index (χ4v) is 20.8. The zero-order chi connectivity index (χ0) is 68.5. The molecule has 10 aliphatic carbocycles. The number of hydrogen-bond acceptors (Lipinski definition) is 9. The van der Waals surface area contributed by atoms with Gasteiger partial charge in [-0.25, -0.2) is 29.6 Å². The number of sulfone groups is 3. The third-order valence-electron chi connectivity index (χ3n) is 25.3. The third-order valence-corrected chi connectivity index (χ3v) is 30.0. The Labute approximate surface area is 567 Å². The van der Waals surface area contributed by atoms with Gasteiger partial charge in [0.15, 0.2) is 19.7 Å². The number of halogens is 3. The molecule has 0 spiro atoms. The monoisotopic (exact) mass is 1360 g/mol. The Morgan fingerprint density at radius 3 is 1.09 bits per heavy atom. The van der Waals surface area contributed by atoms with Crippen molar-refractivity contribution in [1.82, 2.24) is 0 Å². The van der Waals surface area contributed by atoms with Crippen LogP contribution in [0.25, 0.3) is 0 Å². The van der Waals surface area contributed by atoms with Gasteiger partial charge in [-0.1, -0.05) is 163 Å². The highest BCUT2D eigenvalue weighted by Crippen LogP contribution is 2.63. The zero-order valence-corrected chi connectivity index (χ0v) is 60.5. The maximum absolute atomic E-state index is 14.6. The number of rotatable bonds is 15. The molecule has 0 bridgehead atoms. The lowest BCUT2D eigenvalue weighted by molar-refractivity contribution is 0.110. The van der Waals surface area contributed by atoms with E-state index in [4.69, 9.17) is 0 Å². The molecule has 10 aliphatic rings. The SMILES string of the molecule is C.C=C1CC[C@H](O)C/C1=C/C=C1\CCC[C@]2(C)C(C(C)/C=C/C3(S(C)(=O)=O)CC3)CC[C@@H]12.C=C1CC[C@H](O)C/C1=C/C=C1\CCC[C@]2(C)C([C@@H](C)/C=C/C(F)(F)S(C)(=O)=O)CC[C@@H]12.C=C1CC[C@H](O)C/C1=C/C=C1\CCC[C@]2(C)C([C@@H](C)/C=C/[C@@](C)(F)S(C)(=O)=O)CC[C@@H]12. The molecule has 0 amide bonds. The van der Waals surface area contributed by atoms with E-state index in [9.17, 15) is 53.7 Å². The molecule has 4 unspecified atom stereocenters. The fraction of sp³-hybridized carbons (Fsp3) is 0.696. The molecule has 9 nitrogen and oxygen atoms in total. The maximum Gasteiger partial charge on any atom is 0.363 e. The van der Waals surface area contributed by atoms with Crippen molar-refractivity contribution in [3.8, 4) is 0 Å². The maximum atomic E-state index is 14.6. The molecule has 10 fully saturated rings. The first kappa shape index (κ1) is 77.7. The van der Waals surface area contributed by atoms with Crippen molar-refractivity contribution < 1.29 is 53.7 Å². The van der Waals surface area contributed by atoms with Crippen molar-refractivity contribution >= 4 is 29.5 Å². The zero-order valence-electron chi connectivity index (χ0n) is 58.0. The first-order chi connectivity index (χ1) is 43.3. The van der Waals surface area contributed by atoms with Gasteiger partial charge in [0.05, 0.1) is 23.1 Å². The van der Waals surface area contributed by atoms with Crippen LogP contribution in [0.4, 0.5) is 13.2 Å². The summed E-state index contributed by atoms with van der Waals surface area (Å²) in [7, 11) is -11.3. The summed E-state index contributed by atoms with van der Waals surface area (Å²) in [4.78, 5) is 0. The van der Waals surface area contributed by atoms with Gasteiger partial charge in [0.2, 0.25) is 14.8 Å². The van der Waals surface area contributed by atoms with E-state index in [1.807, 2.05) is 13.0 Å². The predicted octanol–water partition coefficient (Wildman–Crippen LogP) is 18.6. The fourth-order valence-electron chi connectivity index (χ4n) is 19.0. The van der Waals surface area contributed by atoms with Gasteiger partial charge in [0, 0.05) is 18.8 Å². The van der Waals surface area contributed by atoms with E-state index in [1.54, 1.807) is 11.6 Å². The average molecular weight is 1370 g/mol. The number of alkyl halides is 3. The van der Waals surface area contributed by atoms with Gasteiger partial charge < -0.3 is 15.3 Å². The Hall–Kier alpha value is -3.60. The summed E-state index contributed by atoms with van der Waals surface area (Å²) in [5, 5.41) is 23.9. The molecular weight excluding hydrogens is 1250 g/mol. The quantitative estimate of drug-likeness (QED) is 0.135. The minimum Gasteiger partial charge on any atom is -0.393 e. The van der Waals surface area contributed by atoms with Crippen molar-refractivity contribution in [1.29, 1.82) is 0 Å². The van der Waals surface area contributed by atoms with Crippen LogP contribution in [0.3, 0.4) is 0 Å². The second kappa shape index (κ2) is 30.5. The van der Waals surface area contributed by atoms with Gasteiger partial charge in [0.25, 0.3) is 0 Å². The number of aliphatic hydroxyl groups excluding tert-OH is 3. The normalized spacial score (nSPS) is 37.4. The second-order valence-electron chi connectivity index (χ2n) is 31.7. The van der Waals surface area contributed by atoms with Crippen LogP contribution in [0.5, 0.6) is 0 Å². The van der Waals surface area contributed by atoms with E-state index in [2.05, 4.69) is 96.9 Å². The summed E-state index contributed by atoms with van der Waals surface area (Å²) in [6.07, 6.45) is 50.3. The van der Waals surface area contributed by atoms with Crippen molar-refractivity contribution in [3.05, 3.63) is 143 Å². The highest BCUT2D eigenvalue weighted by Gasteiger charge is 2.54. The van der Waals surface area contributed by atoms with E-state index < -0.39 is 44.5 Å². The first-order valence-corrected chi connectivity index (χ1v) is 40.9. The van der Waals surface area contributed by atoms with Crippen LogP contribution in [0.1, 0.15) is 223 Å². The van der Waals surface area contributed by atoms with E-state index in [0.717, 1.165) is 152 Å². The summed E-state index contributed by atoms with van der Waals surface area (Å²) in [6.45, 7) is 27.1. The van der Waals surface area contributed by atoms with Gasteiger partial charge in [-0.3, -0.25) is 0 Å². The van der Waals surface area contributed by atoms with E-state index in [0.29, 0.717) is 60.7 Å². The third kappa shape index (κ3) is 17.5. The Morgan fingerprint density at radius 2 is 0.787 bits per heavy atom. The minimum absolute atomic E-state index is 0. The average Bonchev–Trinajstić information content (AvgIpc) is 1.60. The smallest absolute Gasteiger partial charge is 0.363 e. The number of hydrogen-bond donors (Lipinski definition) is 3. The van der Waals surface area contributed by atoms with Crippen LogP contribution in [0.15, 0.2) is 143 Å². The Bertz CT molecular complexity index is 3090. The van der Waals surface area contributed by atoms with E-state index >= 15 is 0 Å². The Morgan fingerprint density at radius 1 is 0.468 bits per heavy atom. The number of allylic oxidation sites excluding steroid dienone is 15. The molecule has 10 rings (SSSR count). The van der Waals surface area contributed by atoms with Gasteiger partial charge in [0.1, 0.15) is 0 Å². The molecule has 3 N–H and O–H groups in total. The topological polar surface area (TPSA) is 163 Å². The molecule has 0 saturated heterocycles. The lowest BCUT2D eigenvalue weighted by atomic mass is 9.61. The van der Waals surface area contributed by atoms with Crippen molar-refractivity contribution in [2.45, 2.75) is 256 Å². The lowest BCUT2D eigenvalue weighted by Crippen LogP contribution is -2.35. The van der Waals surface area contributed by atoms with Crippen LogP contribution in [0, 0.1) is 69.5 Å². The van der Waals surface area contributed by atoms with Gasteiger partial charge in [-0.05, 0) is 272 Å². The molecular formula is C79H119F3O9S3. The summed E-state index contributed by atoms with van der Waals surface area (Å²) in [5.41, 5.74) is 11.9. The van der Waals surface area contributed by atoms with Gasteiger partial charge in [-0.2, -0.15) is 8.78 Å². The van der Waals surface area contributed by atoms with Gasteiger partial charge in [-0.15, -0.1) is 0 Å². The largest absolute Gasteiger partial charge is 0.393 e. The molecule has 0 heterocycles. The molecule has 15 heteroatoms. The molecule has 10 saturated carbocycles. The van der Waals surface area contributed by atoms with Crippen LogP contribution in [-0.4, -0.2) is 92.7 Å². The highest BCUT2D eigenvalue weighted by molar-refractivity contribution is 7.92. The highest BCUT2D eigenvalue weighted by atomic mass is 32.2. The molecule has 0 aromatic heterocycles. The number of aliphatic hydroxyl groups is 3. The van der Waals surface area contributed by atoms with E-state index in [-0.39, 0.29) is 59.7 Å². The van der Waals surface area contributed by atoms with Crippen LogP contribution < -0.4 is 0 Å². The van der Waals surface area contributed by atoms with Gasteiger partial charge >= 0.3 is 5.25 Å². The lowest BCUT2D eigenvalue weighted by Gasteiger charge is -2.44. The standard InChI is InChI=1S/C27H40O3S.C26H39FO3S.C25H36F2O3S.CH4/c1-19-7-10-23(28)18-22(19)9-8-21-6-5-14-26(3)24(11-12-25(21)26)20(2)13-15-27(16-17-27)31(4,29)30;1-18-8-11-22(28)17-21(18)10-9-20-7-6-15-25(3)23(12-13-24(20)25)19(2)14-16-26(4,27)31(5,29)30;1-17-7-10-21(28)16-20(17)9-8-19-6-5-14-24(3)22(11-12-23(19)24)18(2)13-15-25(26,27)31(4,29)30;/h8-9,13,15,20,23-25,28H,1,5-7,10-12,14,16-18H2,2-4H3;9-10,14,16,19,22-24,28H,1,6-8,11-13,15,17H2,2-5H3;8-9,13,15,18,21-23,28H,1,5-7,10-12,14,16H2,2-4H3;1H4/b15-13+,21-8+,22-9-;16-14+,20-9+,21-10-;15-13+,19-8+,20-9-;/t20?,23-,24?,25-,26+;19-,22-,23?,24-,25+,26-;18-,21-,22?,23-,24+;/m000./s1. The van der Waals surface area contributed by atoms with Crippen molar-refractivity contribution in [2.24, 2.45) is 69.5 Å². The molecule has 528 valence electrons. The van der Waals surface area contributed by atoms with Crippen LogP contribution >= 0.6 is 0 Å². The van der Waals surface area contributed by atoms with Crippen LogP contribution in [-0.2, 0) is 29.5 Å².